The number of fused-ring (bicyclic) bond motifs is 1. The van der Waals surface area contributed by atoms with Gasteiger partial charge in [-0.2, -0.15) is 0 Å². The number of sulfonamides is 1. The number of nitrogens with zero attached hydrogens (tertiary/aromatic N) is 3. The lowest BCUT2D eigenvalue weighted by Gasteiger charge is -2.38. The van der Waals surface area contributed by atoms with Gasteiger partial charge in [0.05, 0.1) is 0 Å². The molecule has 3 atom stereocenters. The highest BCUT2D eigenvalue weighted by Crippen LogP contribution is 2.45. The molecule has 2 aliphatic rings. The molecule has 3 unspecified atom stereocenters. The van der Waals surface area contributed by atoms with Gasteiger partial charge in [-0.1, -0.05) is 25.7 Å². The molecule has 0 aromatic carbocycles. The van der Waals surface area contributed by atoms with Gasteiger partial charge in [0.1, 0.15) is 5.82 Å². The summed E-state index contributed by atoms with van der Waals surface area (Å²) in [7, 11) is -2.09. The summed E-state index contributed by atoms with van der Waals surface area (Å²) in [5, 5.41) is 12.9. The minimum Gasteiger partial charge on any atom is -0.304 e. The van der Waals surface area contributed by atoms with E-state index in [1.54, 1.807) is 11.6 Å². The van der Waals surface area contributed by atoms with Gasteiger partial charge in [-0.05, 0) is 31.1 Å². The molecule has 0 bridgehead atoms. The summed E-state index contributed by atoms with van der Waals surface area (Å²) in [6, 6.07) is 0. The zero-order valence-electron chi connectivity index (χ0n) is 11.8. The van der Waals surface area contributed by atoms with Crippen molar-refractivity contribution in [3.05, 3.63) is 5.82 Å². The third-order valence-corrected chi connectivity index (χ3v) is 5.89. The minimum absolute atomic E-state index is 0.127. The van der Waals surface area contributed by atoms with E-state index in [-0.39, 0.29) is 5.16 Å². The molecule has 3 rings (SSSR count). The number of rotatable bonds is 2. The average Bonchev–Trinajstić information content (AvgIpc) is 2.80. The highest BCUT2D eigenvalue weighted by molar-refractivity contribution is 7.89. The topological polar surface area (TPSA) is 90.9 Å². The molecule has 0 aliphatic heterocycles. The molecular weight excluding hydrogens is 276 g/mol. The van der Waals surface area contributed by atoms with E-state index in [0.29, 0.717) is 5.92 Å². The van der Waals surface area contributed by atoms with Crippen LogP contribution in [0, 0.1) is 11.8 Å². The zero-order chi connectivity index (χ0) is 14.3. The van der Waals surface area contributed by atoms with E-state index >= 15 is 0 Å². The lowest BCUT2D eigenvalue weighted by Crippen LogP contribution is -2.28. The van der Waals surface area contributed by atoms with E-state index in [0.717, 1.165) is 30.5 Å². The smallest absolute Gasteiger partial charge is 0.273 e. The number of hydrogen-bond acceptors (Lipinski definition) is 4. The maximum absolute atomic E-state index is 11.4. The highest BCUT2D eigenvalue weighted by atomic mass is 32.2. The molecule has 6 nitrogen and oxygen atoms in total. The molecule has 1 aromatic rings. The Balaban J connectivity index is 1.82. The molecule has 2 N–H and O–H groups in total. The van der Waals surface area contributed by atoms with E-state index in [2.05, 4.69) is 10.2 Å². The van der Waals surface area contributed by atoms with Gasteiger partial charge in [-0.3, -0.25) is 0 Å². The first kappa shape index (κ1) is 14.0. The predicted molar refractivity (Wildman–Crippen MR) is 74.4 cm³/mol. The number of nitrogens with two attached hydrogens (primary N) is 1. The third-order valence-electron chi connectivity index (χ3n) is 5.03. The fraction of sp³-hybridized carbons (Fsp3) is 0.846. The van der Waals surface area contributed by atoms with Crippen LogP contribution < -0.4 is 5.14 Å². The fourth-order valence-corrected chi connectivity index (χ4v) is 4.67. The van der Waals surface area contributed by atoms with Crippen molar-refractivity contribution in [3.8, 4) is 0 Å². The van der Waals surface area contributed by atoms with Crippen molar-refractivity contribution in [1.82, 2.24) is 14.8 Å². The molecule has 1 heterocycles. The van der Waals surface area contributed by atoms with Gasteiger partial charge in [0.15, 0.2) is 0 Å². The van der Waals surface area contributed by atoms with Crippen molar-refractivity contribution < 1.29 is 8.42 Å². The molecule has 20 heavy (non-hydrogen) atoms. The standard InChI is InChI=1S/C13H22N4O2S/c1-17-12(15-16-13(17)20(14,18)19)11-7-6-9-4-2-3-5-10(9)8-11/h9-11H,2-8H2,1H3,(H2,14,18,19). The lowest BCUT2D eigenvalue weighted by molar-refractivity contribution is 0.152. The summed E-state index contributed by atoms with van der Waals surface area (Å²) in [6.45, 7) is 0. The van der Waals surface area contributed by atoms with Gasteiger partial charge in [0, 0.05) is 13.0 Å². The van der Waals surface area contributed by atoms with E-state index in [9.17, 15) is 8.42 Å². The summed E-state index contributed by atoms with van der Waals surface area (Å²) in [5.41, 5.74) is 0. The Morgan fingerprint density at radius 3 is 2.45 bits per heavy atom. The number of hydrogen-bond donors (Lipinski definition) is 1. The Bertz CT molecular complexity index is 596. The second-order valence-electron chi connectivity index (χ2n) is 6.26. The molecule has 0 amide bonds. The van der Waals surface area contributed by atoms with Gasteiger partial charge >= 0.3 is 0 Å². The van der Waals surface area contributed by atoms with E-state index in [1.165, 1.54) is 32.1 Å². The van der Waals surface area contributed by atoms with E-state index in [1.807, 2.05) is 0 Å². The van der Waals surface area contributed by atoms with Crippen molar-refractivity contribution in [2.45, 2.75) is 56.0 Å². The molecule has 7 heteroatoms. The minimum atomic E-state index is -3.79. The van der Waals surface area contributed by atoms with Crippen LogP contribution in [0.25, 0.3) is 0 Å². The van der Waals surface area contributed by atoms with Crippen LogP contribution in [0.4, 0.5) is 0 Å². The van der Waals surface area contributed by atoms with Crippen LogP contribution in [0.3, 0.4) is 0 Å². The van der Waals surface area contributed by atoms with Crippen LogP contribution in [0.5, 0.6) is 0 Å². The summed E-state index contributed by atoms with van der Waals surface area (Å²) in [6.07, 6.45) is 8.78. The summed E-state index contributed by atoms with van der Waals surface area (Å²) in [5.74, 6) is 2.74. The van der Waals surface area contributed by atoms with Crippen LogP contribution in [0.2, 0.25) is 0 Å². The van der Waals surface area contributed by atoms with Gasteiger partial charge in [0.2, 0.25) is 0 Å². The Kier molecular flexibility index (Phi) is 3.58. The summed E-state index contributed by atoms with van der Waals surface area (Å²) < 4.78 is 24.4. The van der Waals surface area contributed by atoms with Crippen molar-refractivity contribution in [3.63, 3.8) is 0 Å². The fourth-order valence-electron chi connectivity index (χ4n) is 4.04. The molecule has 2 saturated carbocycles. The van der Waals surface area contributed by atoms with Gasteiger partial charge in [-0.25, -0.2) is 13.6 Å². The molecule has 0 saturated heterocycles. The number of aromatic nitrogens is 3. The Hall–Kier alpha value is -0.950. The number of primary sulfonamides is 1. The van der Waals surface area contributed by atoms with E-state index in [4.69, 9.17) is 5.14 Å². The van der Waals surface area contributed by atoms with Crippen LogP contribution >= 0.6 is 0 Å². The van der Waals surface area contributed by atoms with Crippen molar-refractivity contribution in [1.29, 1.82) is 0 Å². The second kappa shape index (κ2) is 5.11. The first-order valence-electron chi connectivity index (χ1n) is 7.39. The quantitative estimate of drug-likeness (QED) is 0.896. The lowest BCUT2D eigenvalue weighted by atomic mass is 9.67. The maximum atomic E-state index is 11.4. The Morgan fingerprint density at radius 2 is 1.80 bits per heavy atom. The van der Waals surface area contributed by atoms with Crippen LogP contribution in [0.1, 0.15) is 56.7 Å². The highest BCUT2D eigenvalue weighted by Gasteiger charge is 2.35. The molecule has 1 aromatic heterocycles. The molecule has 2 fully saturated rings. The van der Waals surface area contributed by atoms with Crippen molar-refractivity contribution in [2.75, 3.05) is 0 Å². The molecule has 0 spiro atoms. The molecule has 0 radical (unpaired) electrons. The SMILES string of the molecule is Cn1c(C2CCC3CCCCC3C2)nnc1S(N)(=O)=O. The Morgan fingerprint density at radius 1 is 1.10 bits per heavy atom. The van der Waals surface area contributed by atoms with Crippen LogP contribution in [-0.2, 0) is 17.1 Å². The largest absolute Gasteiger partial charge is 0.304 e. The maximum Gasteiger partial charge on any atom is 0.273 e. The van der Waals surface area contributed by atoms with Gasteiger partial charge in [0.25, 0.3) is 15.2 Å². The van der Waals surface area contributed by atoms with Gasteiger partial charge < -0.3 is 4.57 Å². The molecular formula is C13H22N4O2S. The van der Waals surface area contributed by atoms with Gasteiger partial charge in [-0.15, -0.1) is 10.2 Å². The van der Waals surface area contributed by atoms with Crippen LogP contribution in [-0.4, -0.2) is 23.2 Å². The predicted octanol–water partition coefficient (Wildman–Crippen LogP) is 1.54. The first-order chi connectivity index (χ1) is 9.47. The first-order valence-corrected chi connectivity index (χ1v) is 8.93. The monoisotopic (exact) mass is 298 g/mol. The summed E-state index contributed by atoms with van der Waals surface area (Å²) in [4.78, 5) is 0. The zero-order valence-corrected chi connectivity index (χ0v) is 12.6. The summed E-state index contributed by atoms with van der Waals surface area (Å²) >= 11 is 0. The average molecular weight is 298 g/mol. The molecule has 2 aliphatic carbocycles. The normalized spacial score (nSPS) is 31.0. The molecule has 112 valence electrons. The second-order valence-corrected chi connectivity index (χ2v) is 7.71. The third kappa shape index (κ3) is 2.48. The van der Waals surface area contributed by atoms with Crippen molar-refractivity contribution in [2.24, 2.45) is 24.0 Å². The van der Waals surface area contributed by atoms with Crippen molar-refractivity contribution >= 4 is 10.0 Å². The van der Waals surface area contributed by atoms with Crippen LogP contribution in [0.15, 0.2) is 5.16 Å². The van der Waals surface area contributed by atoms with E-state index < -0.39 is 10.0 Å². The Labute approximate surface area is 119 Å².